The van der Waals surface area contributed by atoms with Crippen LogP contribution in [0.3, 0.4) is 0 Å². The molecule has 0 saturated carbocycles. The molecule has 5 heteroatoms. The minimum atomic E-state index is -0.666. The van der Waals surface area contributed by atoms with Crippen molar-refractivity contribution in [1.29, 1.82) is 5.26 Å². The zero-order valence-corrected chi connectivity index (χ0v) is 9.39. The van der Waals surface area contributed by atoms with Gasteiger partial charge in [0.15, 0.2) is 11.9 Å². The van der Waals surface area contributed by atoms with Crippen molar-refractivity contribution in [3.63, 3.8) is 0 Å². The molecule has 2 N–H and O–H groups in total. The summed E-state index contributed by atoms with van der Waals surface area (Å²) >= 11 is 0. The van der Waals surface area contributed by atoms with Crippen LogP contribution < -0.4 is 10.6 Å². The molecule has 86 valence electrons. The van der Waals surface area contributed by atoms with Gasteiger partial charge in [0, 0.05) is 32.2 Å². The Morgan fingerprint density at radius 3 is 2.69 bits per heavy atom. The van der Waals surface area contributed by atoms with Gasteiger partial charge >= 0.3 is 0 Å². The van der Waals surface area contributed by atoms with Crippen molar-refractivity contribution in [2.45, 2.75) is 6.04 Å². The highest BCUT2D eigenvalue weighted by molar-refractivity contribution is 5.38. The van der Waals surface area contributed by atoms with E-state index in [0.717, 1.165) is 32.1 Å². The van der Waals surface area contributed by atoms with Gasteiger partial charge in [0.1, 0.15) is 5.76 Å². The van der Waals surface area contributed by atoms with Gasteiger partial charge in [-0.2, -0.15) is 5.26 Å². The highest BCUT2D eigenvalue weighted by atomic mass is 16.4. The van der Waals surface area contributed by atoms with Crippen molar-refractivity contribution >= 4 is 5.88 Å². The highest BCUT2D eigenvalue weighted by Crippen LogP contribution is 2.22. The van der Waals surface area contributed by atoms with E-state index in [1.165, 1.54) is 0 Å². The molecular weight excluding hydrogens is 204 g/mol. The lowest BCUT2D eigenvalue weighted by molar-refractivity contribution is 0.305. The van der Waals surface area contributed by atoms with Gasteiger partial charge in [-0.05, 0) is 13.1 Å². The van der Waals surface area contributed by atoms with E-state index < -0.39 is 6.04 Å². The highest BCUT2D eigenvalue weighted by Gasteiger charge is 2.18. The van der Waals surface area contributed by atoms with Crippen LogP contribution >= 0.6 is 0 Å². The molecule has 0 radical (unpaired) electrons. The second-order valence-electron chi connectivity index (χ2n) is 4.07. The van der Waals surface area contributed by atoms with Gasteiger partial charge in [0.2, 0.25) is 0 Å². The molecule has 0 bridgehead atoms. The lowest BCUT2D eigenvalue weighted by atomic mass is 10.3. The quantitative estimate of drug-likeness (QED) is 0.788. The van der Waals surface area contributed by atoms with Gasteiger partial charge in [-0.25, -0.2) is 0 Å². The van der Waals surface area contributed by atoms with Crippen LogP contribution in [0.1, 0.15) is 11.8 Å². The predicted octanol–water partition coefficient (Wildman–Crippen LogP) is 0.555. The number of rotatable bonds is 2. The number of anilines is 1. The summed E-state index contributed by atoms with van der Waals surface area (Å²) in [7, 11) is 2.11. The molecule has 1 aliphatic rings. The molecule has 0 spiro atoms. The first kappa shape index (κ1) is 11.0. The van der Waals surface area contributed by atoms with Crippen LogP contribution in [0.25, 0.3) is 0 Å². The van der Waals surface area contributed by atoms with Crippen molar-refractivity contribution in [3.05, 3.63) is 17.9 Å². The number of hydrogen-bond acceptors (Lipinski definition) is 5. The summed E-state index contributed by atoms with van der Waals surface area (Å²) in [5.41, 5.74) is 5.58. The van der Waals surface area contributed by atoms with Crippen LogP contribution in [0.15, 0.2) is 16.5 Å². The Labute approximate surface area is 95.0 Å². The van der Waals surface area contributed by atoms with Gasteiger partial charge in [-0.15, -0.1) is 0 Å². The molecule has 1 fully saturated rings. The maximum Gasteiger partial charge on any atom is 0.195 e. The monoisotopic (exact) mass is 220 g/mol. The third-order valence-corrected chi connectivity index (χ3v) is 2.87. The molecule has 2 heterocycles. The molecule has 0 aromatic carbocycles. The predicted molar refractivity (Wildman–Crippen MR) is 61.0 cm³/mol. The molecule has 1 saturated heterocycles. The van der Waals surface area contributed by atoms with Gasteiger partial charge in [0.05, 0.1) is 6.07 Å². The molecule has 1 aromatic rings. The first-order chi connectivity index (χ1) is 7.70. The first-order valence-electron chi connectivity index (χ1n) is 5.39. The lowest BCUT2D eigenvalue weighted by Gasteiger charge is -2.32. The first-order valence-corrected chi connectivity index (χ1v) is 5.39. The van der Waals surface area contributed by atoms with E-state index >= 15 is 0 Å². The Hall–Kier alpha value is -1.51. The molecule has 1 aromatic heterocycles. The Kier molecular flexibility index (Phi) is 3.13. The van der Waals surface area contributed by atoms with Crippen molar-refractivity contribution < 1.29 is 4.42 Å². The standard InChI is InChI=1S/C11H16N4O/c1-14-4-6-15(7-5-14)11-3-2-10(16-11)9(13)8-12/h2-3,9H,4-7,13H2,1H3/t9-/m1/s1. The third kappa shape index (κ3) is 2.18. The second kappa shape index (κ2) is 4.56. The van der Waals surface area contributed by atoms with Gasteiger partial charge in [0.25, 0.3) is 0 Å². The molecule has 0 unspecified atom stereocenters. The summed E-state index contributed by atoms with van der Waals surface area (Å²) in [6.45, 7) is 3.96. The topological polar surface area (TPSA) is 69.4 Å². The summed E-state index contributed by atoms with van der Waals surface area (Å²) < 4.78 is 5.57. The SMILES string of the molecule is CN1CCN(c2ccc([C@H](N)C#N)o2)CC1. The van der Waals surface area contributed by atoms with Crippen LogP contribution in [0.2, 0.25) is 0 Å². The Bertz CT molecular complexity index is 387. The summed E-state index contributed by atoms with van der Waals surface area (Å²) in [4.78, 5) is 4.45. The molecule has 16 heavy (non-hydrogen) atoms. The summed E-state index contributed by atoms with van der Waals surface area (Å²) in [5, 5.41) is 8.69. The number of piperazine rings is 1. The number of nitriles is 1. The largest absolute Gasteiger partial charge is 0.443 e. The second-order valence-corrected chi connectivity index (χ2v) is 4.07. The smallest absolute Gasteiger partial charge is 0.195 e. The Morgan fingerprint density at radius 2 is 2.06 bits per heavy atom. The maximum atomic E-state index is 8.69. The fourth-order valence-electron chi connectivity index (χ4n) is 1.77. The van der Waals surface area contributed by atoms with Gasteiger partial charge in [-0.1, -0.05) is 0 Å². The fraction of sp³-hybridized carbons (Fsp3) is 0.545. The average molecular weight is 220 g/mol. The average Bonchev–Trinajstić information content (AvgIpc) is 2.78. The molecule has 1 aliphatic heterocycles. The summed E-state index contributed by atoms with van der Waals surface area (Å²) in [5.74, 6) is 1.35. The number of nitrogens with two attached hydrogens (primary N) is 1. The molecule has 0 aliphatic carbocycles. The van der Waals surface area contributed by atoms with Crippen molar-refractivity contribution in [2.75, 3.05) is 38.1 Å². The maximum absolute atomic E-state index is 8.69. The number of hydrogen-bond donors (Lipinski definition) is 1. The molecule has 5 nitrogen and oxygen atoms in total. The third-order valence-electron chi connectivity index (χ3n) is 2.87. The number of nitrogens with zero attached hydrogens (tertiary/aromatic N) is 3. The van der Waals surface area contributed by atoms with E-state index in [0.29, 0.717) is 5.76 Å². The van der Waals surface area contributed by atoms with E-state index in [4.69, 9.17) is 15.4 Å². The van der Waals surface area contributed by atoms with Crippen LogP contribution in [0.4, 0.5) is 5.88 Å². The Morgan fingerprint density at radius 1 is 1.38 bits per heavy atom. The van der Waals surface area contributed by atoms with E-state index in [-0.39, 0.29) is 0 Å². The van der Waals surface area contributed by atoms with Gasteiger partial charge in [-0.3, -0.25) is 0 Å². The fourth-order valence-corrected chi connectivity index (χ4v) is 1.77. The minimum Gasteiger partial charge on any atom is -0.443 e. The van der Waals surface area contributed by atoms with Gasteiger partial charge < -0.3 is 20.0 Å². The summed E-state index contributed by atoms with van der Waals surface area (Å²) in [6, 6.07) is 4.96. The van der Waals surface area contributed by atoms with Crippen molar-refractivity contribution in [2.24, 2.45) is 5.73 Å². The van der Waals surface area contributed by atoms with Crippen LogP contribution in [0, 0.1) is 11.3 Å². The van der Waals surface area contributed by atoms with Crippen molar-refractivity contribution in [3.8, 4) is 6.07 Å². The molecule has 0 amide bonds. The number of furan rings is 1. The Balaban J connectivity index is 2.05. The van der Waals surface area contributed by atoms with E-state index in [9.17, 15) is 0 Å². The lowest BCUT2D eigenvalue weighted by Crippen LogP contribution is -2.44. The minimum absolute atomic E-state index is 0.538. The van der Waals surface area contributed by atoms with Crippen LogP contribution in [0.5, 0.6) is 0 Å². The van der Waals surface area contributed by atoms with Crippen LogP contribution in [-0.2, 0) is 0 Å². The molecular formula is C11H16N4O. The molecule has 1 atom stereocenters. The molecule has 2 rings (SSSR count). The van der Waals surface area contributed by atoms with Crippen LogP contribution in [-0.4, -0.2) is 38.1 Å². The number of likely N-dealkylation sites (N-methyl/N-ethyl adjacent to an activating group) is 1. The van der Waals surface area contributed by atoms with Crippen molar-refractivity contribution in [1.82, 2.24) is 4.90 Å². The van der Waals surface area contributed by atoms with E-state index in [2.05, 4.69) is 16.8 Å². The van der Waals surface area contributed by atoms with E-state index in [1.807, 2.05) is 12.1 Å². The summed E-state index contributed by atoms with van der Waals surface area (Å²) in [6.07, 6.45) is 0. The zero-order chi connectivity index (χ0) is 11.5. The van der Waals surface area contributed by atoms with E-state index in [1.54, 1.807) is 6.07 Å². The zero-order valence-electron chi connectivity index (χ0n) is 9.39. The normalized spacial score (nSPS) is 19.4.